The van der Waals surface area contributed by atoms with Crippen LogP contribution in [0.25, 0.3) is 0 Å². The molecule has 2 fully saturated rings. The highest BCUT2D eigenvalue weighted by Gasteiger charge is 2.40. The fourth-order valence-corrected chi connectivity index (χ4v) is 9.08. The minimum Gasteiger partial charge on any atom is -0.344 e. The number of benzene rings is 3. The average Bonchev–Trinajstić information content (AvgIpc) is 3.51. The van der Waals surface area contributed by atoms with Gasteiger partial charge in [0.2, 0.25) is 5.71 Å². The van der Waals surface area contributed by atoms with Gasteiger partial charge >= 0.3 is 0 Å². The van der Waals surface area contributed by atoms with E-state index in [1.807, 2.05) is 12.1 Å². The summed E-state index contributed by atoms with van der Waals surface area (Å²) in [6.07, 6.45) is 13.0. The van der Waals surface area contributed by atoms with Gasteiger partial charge in [-0.3, -0.25) is 15.0 Å². The summed E-state index contributed by atoms with van der Waals surface area (Å²) in [5, 5.41) is 11.2. The number of anilines is 2. The van der Waals surface area contributed by atoms with E-state index in [0.717, 1.165) is 70.6 Å². The van der Waals surface area contributed by atoms with Gasteiger partial charge in [0.15, 0.2) is 13.1 Å². The molecule has 0 amide bonds. The fourth-order valence-electron chi connectivity index (χ4n) is 9.08. The molecule has 3 aliphatic heterocycles. The second-order valence-electron chi connectivity index (χ2n) is 15.6. The molecule has 1 aliphatic carbocycles. The Balaban J connectivity index is 1.25. The molecular formula is C45H54N5O2+. The summed E-state index contributed by atoms with van der Waals surface area (Å²) >= 11 is 0. The maximum atomic E-state index is 11.2. The lowest BCUT2D eigenvalue weighted by atomic mass is 9.82. The van der Waals surface area contributed by atoms with Gasteiger partial charge in [-0.15, -0.1) is 0 Å². The number of nitrogens with zero attached hydrogens (tertiary/aromatic N) is 5. The molecule has 7 heteroatoms. The first-order valence-corrected chi connectivity index (χ1v) is 19.2. The van der Waals surface area contributed by atoms with Gasteiger partial charge in [-0.2, -0.15) is 0 Å². The van der Waals surface area contributed by atoms with E-state index in [9.17, 15) is 10.1 Å². The molecule has 7 rings (SSSR count). The number of para-hydroxylation sites is 2. The number of nitro groups is 1. The third-order valence-corrected chi connectivity index (χ3v) is 11.9. The van der Waals surface area contributed by atoms with E-state index in [4.69, 9.17) is 0 Å². The monoisotopic (exact) mass is 696 g/mol. The Morgan fingerprint density at radius 1 is 0.712 bits per heavy atom. The summed E-state index contributed by atoms with van der Waals surface area (Å²) in [4.78, 5) is 18.3. The van der Waals surface area contributed by atoms with Crippen LogP contribution in [0.5, 0.6) is 0 Å². The highest BCUT2D eigenvalue weighted by atomic mass is 16.6. The molecule has 1 saturated heterocycles. The molecule has 52 heavy (non-hydrogen) atoms. The van der Waals surface area contributed by atoms with E-state index in [1.165, 1.54) is 50.8 Å². The summed E-state index contributed by atoms with van der Waals surface area (Å²) in [5.74, 6) is 0. The number of piperazine rings is 1. The van der Waals surface area contributed by atoms with Crippen LogP contribution in [-0.4, -0.2) is 59.4 Å². The summed E-state index contributed by atoms with van der Waals surface area (Å²) in [6.45, 7) is 20.4. The molecular weight excluding hydrogens is 643 g/mol. The quantitative estimate of drug-likeness (QED) is 0.140. The van der Waals surface area contributed by atoms with Crippen molar-refractivity contribution in [1.82, 2.24) is 4.90 Å². The van der Waals surface area contributed by atoms with Crippen LogP contribution in [-0.2, 0) is 17.4 Å². The number of nitro benzene ring substituents is 1. The third-order valence-electron chi connectivity index (χ3n) is 11.9. The smallest absolute Gasteiger partial charge is 0.269 e. The van der Waals surface area contributed by atoms with Gasteiger partial charge < -0.3 is 9.80 Å². The van der Waals surface area contributed by atoms with Crippen molar-refractivity contribution in [3.05, 3.63) is 146 Å². The normalized spacial score (nSPS) is 22.9. The summed E-state index contributed by atoms with van der Waals surface area (Å²) in [7, 11) is 0. The van der Waals surface area contributed by atoms with Crippen LogP contribution < -0.4 is 9.80 Å². The lowest BCUT2D eigenvalue weighted by molar-refractivity contribution is -0.539. The largest absolute Gasteiger partial charge is 0.344 e. The molecule has 0 aromatic heterocycles. The van der Waals surface area contributed by atoms with E-state index in [-0.39, 0.29) is 21.4 Å². The summed E-state index contributed by atoms with van der Waals surface area (Å²) in [5.41, 5.74) is 13.5. The first-order chi connectivity index (χ1) is 25.0. The zero-order chi connectivity index (χ0) is 36.6. The number of fused-ring (bicyclic) bond motifs is 2. The van der Waals surface area contributed by atoms with Crippen molar-refractivity contribution < 1.29 is 9.50 Å². The minimum absolute atomic E-state index is 0.0717. The summed E-state index contributed by atoms with van der Waals surface area (Å²) < 4.78 is 2.64. The number of hydrogen-bond acceptors (Lipinski definition) is 5. The molecule has 1 saturated carbocycles. The molecule has 0 N–H and O–H groups in total. The number of rotatable bonds is 7. The number of likely N-dealkylation sites (N-methyl/N-ethyl adjacent to an activating group) is 2. The molecule has 0 radical (unpaired) electrons. The third kappa shape index (κ3) is 6.44. The van der Waals surface area contributed by atoms with E-state index < -0.39 is 0 Å². The molecule has 7 nitrogen and oxygen atoms in total. The SMILES string of the molecule is CCN1/C(=C/C=C2\CCC/C(=C\C=C3\N(CC)c4ccccc4C3(C)C)C2=[N+]2CCN(Cc3ccc([N+](=O)[O-])cc3)CC2)C(C)(C)c2ccccc21. The number of hydrogen-bond donors (Lipinski definition) is 0. The second kappa shape index (κ2) is 14.3. The molecule has 0 atom stereocenters. The predicted molar refractivity (Wildman–Crippen MR) is 215 cm³/mol. The lowest BCUT2D eigenvalue weighted by Gasteiger charge is -2.29. The van der Waals surface area contributed by atoms with Crippen molar-refractivity contribution in [3.63, 3.8) is 0 Å². The predicted octanol–water partition coefficient (Wildman–Crippen LogP) is 9.30. The Morgan fingerprint density at radius 3 is 1.65 bits per heavy atom. The van der Waals surface area contributed by atoms with Crippen LogP contribution in [0.2, 0.25) is 0 Å². The maximum Gasteiger partial charge on any atom is 0.269 e. The first-order valence-electron chi connectivity index (χ1n) is 19.2. The van der Waals surface area contributed by atoms with Gasteiger partial charge in [0, 0.05) is 76.5 Å². The Kier molecular flexibility index (Phi) is 9.83. The van der Waals surface area contributed by atoms with E-state index in [0.29, 0.717) is 0 Å². The zero-order valence-electron chi connectivity index (χ0n) is 31.9. The first kappa shape index (κ1) is 35.6. The van der Waals surface area contributed by atoms with Crippen LogP contribution in [0.3, 0.4) is 0 Å². The van der Waals surface area contributed by atoms with Gasteiger partial charge in [0.25, 0.3) is 5.69 Å². The highest BCUT2D eigenvalue weighted by Crippen LogP contribution is 2.49. The molecule has 270 valence electrons. The van der Waals surface area contributed by atoms with Crippen molar-refractivity contribution in [3.8, 4) is 0 Å². The zero-order valence-corrected chi connectivity index (χ0v) is 31.9. The molecule has 4 aliphatic rings. The van der Waals surface area contributed by atoms with Crippen molar-refractivity contribution in [2.45, 2.75) is 78.2 Å². The lowest BCUT2D eigenvalue weighted by Crippen LogP contribution is -2.44. The van der Waals surface area contributed by atoms with Crippen molar-refractivity contribution >= 4 is 22.8 Å². The maximum absolute atomic E-state index is 11.2. The van der Waals surface area contributed by atoms with E-state index in [2.05, 4.69) is 134 Å². The van der Waals surface area contributed by atoms with Crippen LogP contribution >= 0.6 is 0 Å². The Labute approximate surface area is 310 Å². The van der Waals surface area contributed by atoms with Gasteiger partial charge in [-0.1, -0.05) is 88.4 Å². The summed E-state index contributed by atoms with van der Waals surface area (Å²) in [6, 6.07) is 24.8. The molecule has 0 spiro atoms. The average molecular weight is 697 g/mol. The molecule has 0 bridgehead atoms. The van der Waals surface area contributed by atoms with Crippen LogP contribution in [0, 0.1) is 10.1 Å². The van der Waals surface area contributed by atoms with Crippen LogP contribution in [0.4, 0.5) is 17.1 Å². The van der Waals surface area contributed by atoms with Crippen molar-refractivity contribution in [1.29, 1.82) is 0 Å². The number of allylic oxidation sites excluding steroid dienone is 8. The molecule has 3 aromatic rings. The topological polar surface area (TPSA) is 55.9 Å². The van der Waals surface area contributed by atoms with Crippen LogP contribution in [0.15, 0.2) is 120 Å². The van der Waals surface area contributed by atoms with Gasteiger partial charge in [0.05, 0.1) is 18.0 Å². The Morgan fingerprint density at radius 2 is 1.19 bits per heavy atom. The van der Waals surface area contributed by atoms with Crippen LogP contribution in [0.1, 0.15) is 77.5 Å². The second-order valence-corrected chi connectivity index (χ2v) is 15.6. The molecule has 3 heterocycles. The van der Waals surface area contributed by atoms with Gasteiger partial charge in [-0.25, -0.2) is 4.58 Å². The number of non-ortho nitro benzene ring substituents is 1. The van der Waals surface area contributed by atoms with Crippen molar-refractivity contribution in [2.24, 2.45) is 0 Å². The van der Waals surface area contributed by atoms with Gasteiger partial charge in [0.1, 0.15) is 0 Å². The van der Waals surface area contributed by atoms with E-state index >= 15 is 0 Å². The van der Waals surface area contributed by atoms with Gasteiger partial charge in [-0.05, 0) is 74.1 Å². The molecule has 3 aromatic carbocycles. The van der Waals surface area contributed by atoms with Crippen molar-refractivity contribution in [2.75, 3.05) is 49.1 Å². The fraction of sp³-hybridized carbons (Fsp3) is 0.400. The Bertz CT molecular complexity index is 1900. The highest BCUT2D eigenvalue weighted by molar-refractivity contribution is 6.10. The molecule has 0 unspecified atom stereocenters. The Hall–Kier alpha value is -4.75. The van der Waals surface area contributed by atoms with E-state index in [1.54, 1.807) is 12.1 Å². The minimum atomic E-state index is -0.329. The standard InChI is InChI=1S/C45H54N5O2/c1-7-48-39-18-11-9-16-37(39)44(3,4)41(48)26-22-34-14-13-15-35(23-27-42-45(5,6)38-17-10-12-19-40(38)49(42)8-2)43(34)47-30-28-46(29-31-47)32-33-20-24-36(25-21-33)50(51)52/h9-12,16-27H,7-8,13-15,28-32H2,1-6H3/q+1.